The van der Waals surface area contributed by atoms with Crippen molar-refractivity contribution in [2.45, 2.75) is 25.1 Å². The minimum atomic E-state index is -2.96. The molecule has 2 heterocycles. The third-order valence-corrected chi connectivity index (χ3v) is 6.05. The molecule has 0 spiro atoms. The van der Waals surface area contributed by atoms with Crippen LogP contribution in [-0.4, -0.2) is 49.1 Å². The molecule has 0 N–H and O–H groups in total. The number of sulfone groups is 1. The van der Waals surface area contributed by atoms with Gasteiger partial charge < -0.3 is 9.32 Å². The quantitative estimate of drug-likeness (QED) is 0.796. The zero-order valence-corrected chi connectivity index (χ0v) is 13.1. The Morgan fingerprint density at radius 2 is 2.35 bits per heavy atom. The third-order valence-electron chi connectivity index (χ3n) is 3.36. The first-order chi connectivity index (χ1) is 9.52. The normalized spacial score (nSPS) is 20.9. The molecule has 0 aromatic carbocycles. The fourth-order valence-electron chi connectivity index (χ4n) is 2.38. The van der Waals surface area contributed by atoms with Gasteiger partial charge in [0.05, 0.1) is 29.3 Å². The van der Waals surface area contributed by atoms with Crippen molar-refractivity contribution in [2.24, 2.45) is 0 Å². The Labute approximate surface area is 123 Å². The molecule has 0 bridgehead atoms. The first-order valence-electron chi connectivity index (χ1n) is 6.62. The second-order valence-corrected chi connectivity index (χ2v) is 8.02. The van der Waals surface area contributed by atoms with E-state index in [9.17, 15) is 13.2 Å². The summed E-state index contributed by atoms with van der Waals surface area (Å²) in [6.45, 7) is 2.44. The van der Waals surface area contributed by atoms with Crippen LogP contribution in [0.15, 0.2) is 22.8 Å². The average Bonchev–Trinajstić information content (AvgIpc) is 3.00. The van der Waals surface area contributed by atoms with Gasteiger partial charge in [-0.2, -0.15) is 0 Å². The van der Waals surface area contributed by atoms with Crippen molar-refractivity contribution in [1.29, 1.82) is 0 Å². The molecule has 20 heavy (non-hydrogen) atoms. The minimum Gasteiger partial charge on any atom is -0.468 e. The molecule has 1 aliphatic rings. The smallest absolute Gasteiger partial charge is 0.232 e. The van der Waals surface area contributed by atoms with Crippen molar-refractivity contribution >= 4 is 27.5 Å². The predicted octanol–water partition coefficient (Wildman–Crippen LogP) is 1.55. The lowest BCUT2D eigenvalue weighted by Gasteiger charge is -2.26. The lowest BCUT2D eigenvalue weighted by molar-refractivity contribution is -0.129. The molecule has 112 valence electrons. The molecule has 0 aliphatic carbocycles. The van der Waals surface area contributed by atoms with Crippen LogP contribution in [0.25, 0.3) is 0 Å². The van der Waals surface area contributed by atoms with Gasteiger partial charge in [0.2, 0.25) is 5.91 Å². The largest absolute Gasteiger partial charge is 0.468 e. The van der Waals surface area contributed by atoms with Crippen LogP contribution >= 0.6 is 11.8 Å². The van der Waals surface area contributed by atoms with Crippen LogP contribution in [0, 0.1) is 0 Å². The molecular formula is C13H19NO4S2. The first kappa shape index (κ1) is 15.4. The fraction of sp³-hybridized carbons (Fsp3) is 0.615. The van der Waals surface area contributed by atoms with Crippen molar-refractivity contribution in [2.75, 3.05) is 23.8 Å². The van der Waals surface area contributed by atoms with Crippen LogP contribution in [0.2, 0.25) is 0 Å². The number of amides is 1. The van der Waals surface area contributed by atoms with Crippen molar-refractivity contribution in [1.82, 2.24) is 4.90 Å². The Hall–Kier alpha value is -0.950. The number of hydrogen-bond acceptors (Lipinski definition) is 5. The van der Waals surface area contributed by atoms with Gasteiger partial charge >= 0.3 is 0 Å². The maximum absolute atomic E-state index is 12.2. The summed E-state index contributed by atoms with van der Waals surface area (Å²) >= 11 is 1.49. The highest BCUT2D eigenvalue weighted by atomic mass is 32.2. The van der Waals surface area contributed by atoms with Gasteiger partial charge in [-0.25, -0.2) is 8.42 Å². The van der Waals surface area contributed by atoms with Crippen LogP contribution in [0.1, 0.15) is 19.1 Å². The molecule has 1 unspecified atom stereocenters. The summed E-state index contributed by atoms with van der Waals surface area (Å²) in [5.41, 5.74) is 0. The van der Waals surface area contributed by atoms with E-state index < -0.39 is 9.84 Å². The van der Waals surface area contributed by atoms with E-state index in [1.54, 1.807) is 11.2 Å². The molecule has 0 saturated carbocycles. The minimum absolute atomic E-state index is 0.00570. The van der Waals surface area contributed by atoms with E-state index in [0.29, 0.717) is 24.5 Å². The predicted molar refractivity (Wildman–Crippen MR) is 79.3 cm³/mol. The zero-order chi connectivity index (χ0) is 14.6. The highest BCUT2D eigenvalue weighted by molar-refractivity contribution is 7.99. The molecule has 2 rings (SSSR count). The number of carbonyl (C=O) groups excluding carboxylic acids is 1. The second-order valence-electron chi connectivity index (χ2n) is 4.81. The molecular weight excluding hydrogens is 298 g/mol. The van der Waals surface area contributed by atoms with Gasteiger partial charge in [-0.05, 0) is 25.5 Å². The molecule has 5 nitrogen and oxygen atoms in total. The van der Waals surface area contributed by atoms with Crippen LogP contribution in [0.3, 0.4) is 0 Å². The third kappa shape index (κ3) is 4.02. The van der Waals surface area contributed by atoms with Crippen molar-refractivity contribution in [3.63, 3.8) is 0 Å². The Morgan fingerprint density at radius 1 is 1.55 bits per heavy atom. The summed E-state index contributed by atoms with van der Waals surface area (Å²) in [5.74, 6) is 2.15. The number of thioether (sulfide) groups is 1. The SMILES string of the molecule is CCN(C(=O)CSCc1ccco1)C1CCS(=O)(=O)C1. The average molecular weight is 317 g/mol. The molecule has 1 fully saturated rings. The topological polar surface area (TPSA) is 67.6 Å². The van der Waals surface area contributed by atoms with Gasteiger partial charge in [0.25, 0.3) is 0 Å². The molecule has 7 heteroatoms. The summed E-state index contributed by atoms with van der Waals surface area (Å²) in [5, 5.41) is 0. The molecule has 1 amide bonds. The number of hydrogen-bond donors (Lipinski definition) is 0. The van der Waals surface area contributed by atoms with Crippen LogP contribution in [0.4, 0.5) is 0 Å². The van der Waals surface area contributed by atoms with E-state index in [1.165, 1.54) is 11.8 Å². The van der Waals surface area contributed by atoms with Gasteiger partial charge in [0.15, 0.2) is 9.84 Å². The van der Waals surface area contributed by atoms with Crippen LogP contribution in [0.5, 0.6) is 0 Å². The Kier molecular flexibility index (Phi) is 5.15. The van der Waals surface area contributed by atoms with Gasteiger partial charge in [-0.15, -0.1) is 11.8 Å². The number of carbonyl (C=O) groups is 1. The van der Waals surface area contributed by atoms with E-state index in [0.717, 1.165) is 5.76 Å². The first-order valence-corrected chi connectivity index (χ1v) is 9.59. The lowest BCUT2D eigenvalue weighted by atomic mass is 10.2. The Bertz CT molecular complexity index is 539. The maximum Gasteiger partial charge on any atom is 0.232 e. The number of furan rings is 1. The zero-order valence-electron chi connectivity index (χ0n) is 11.4. The summed E-state index contributed by atoms with van der Waals surface area (Å²) in [6.07, 6.45) is 2.17. The van der Waals surface area contributed by atoms with E-state index in [1.807, 2.05) is 19.1 Å². The maximum atomic E-state index is 12.2. The molecule has 1 aromatic heterocycles. The molecule has 1 aliphatic heterocycles. The van der Waals surface area contributed by atoms with Gasteiger partial charge in [0, 0.05) is 12.6 Å². The molecule has 1 saturated heterocycles. The highest BCUT2D eigenvalue weighted by Gasteiger charge is 2.33. The van der Waals surface area contributed by atoms with Crippen LogP contribution in [-0.2, 0) is 20.4 Å². The summed E-state index contributed by atoms with van der Waals surface area (Å²) in [6, 6.07) is 3.54. The fourth-order valence-corrected chi connectivity index (χ4v) is 4.91. The van der Waals surface area contributed by atoms with E-state index >= 15 is 0 Å². The van der Waals surface area contributed by atoms with Crippen molar-refractivity contribution < 1.29 is 17.6 Å². The summed E-state index contributed by atoms with van der Waals surface area (Å²) in [4.78, 5) is 13.9. The number of rotatable bonds is 6. The molecule has 1 aromatic rings. The van der Waals surface area contributed by atoms with Crippen LogP contribution < -0.4 is 0 Å². The Morgan fingerprint density at radius 3 is 2.90 bits per heavy atom. The van der Waals surface area contributed by atoms with Gasteiger partial charge in [-0.3, -0.25) is 4.79 Å². The van der Waals surface area contributed by atoms with Crippen molar-refractivity contribution in [3.8, 4) is 0 Å². The van der Waals surface area contributed by atoms with Crippen molar-refractivity contribution in [3.05, 3.63) is 24.2 Å². The standard InChI is InChI=1S/C13H19NO4S2/c1-2-14(11-5-7-20(16,17)10-11)13(15)9-19-8-12-4-3-6-18-12/h3-4,6,11H,2,5,7-10H2,1H3. The molecule has 1 atom stereocenters. The van der Waals surface area contributed by atoms with E-state index in [2.05, 4.69) is 0 Å². The van der Waals surface area contributed by atoms with Gasteiger partial charge in [0.1, 0.15) is 5.76 Å². The summed E-state index contributed by atoms with van der Waals surface area (Å²) < 4.78 is 28.2. The summed E-state index contributed by atoms with van der Waals surface area (Å²) in [7, 11) is -2.96. The lowest BCUT2D eigenvalue weighted by Crippen LogP contribution is -2.41. The molecule has 0 radical (unpaired) electrons. The second kappa shape index (κ2) is 6.67. The Balaban J connectivity index is 1.83. The van der Waals surface area contributed by atoms with E-state index in [-0.39, 0.29) is 23.5 Å². The number of nitrogens with zero attached hydrogens (tertiary/aromatic N) is 1. The van der Waals surface area contributed by atoms with Gasteiger partial charge in [-0.1, -0.05) is 0 Å². The van der Waals surface area contributed by atoms with E-state index in [4.69, 9.17) is 4.42 Å². The highest BCUT2D eigenvalue weighted by Crippen LogP contribution is 2.20. The monoisotopic (exact) mass is 317 g/mol.